The lowest BCUT2D eigenvalue weighted by atomic mass is 10.1. The summed E-state index contributed by atoms with van der Waals surface area (Å²) in [6.45, 7) is 5.86. The van der Waals surface area contributed by atoms with E-state index in [1.54, 1.807) is 7.11 Å². The van der Waals surface area contributed by atoms with E-state index in [9.17, 15) is 0 Å². The molecule has 0 bridgehead atoms. The predicted molar refractivity (Wildman–Crippen MR) is 83.2 cm³/mol. The van der Waals surface area contributed by atoms with E-state index >= 15 is 0 Å². The SMILES string of the molecule is COc1ccc(Cn2cccc2CNC(C)C)cc1C#N. The van der Waals surface area contributed by atoms with Gasteiger partial charge in [0.2, 0.25) is 0 Å². The fourth-order valence-electron chi connectivity index (χ4n) is 2.21. The maximum absolute atomic E-state index is 9.15. The van der Waals surface area contributed by atoms with Crippen LogP contribution in [-0.4, -0.2) is 17.7 Å². The van der Waals surface area contributed by atoms with E-state index in [4.69, 9.17) is 10.00 Å². The molecule has 0 aliphatic heterocycles. The fraction of sp³-hybridized carbons (Fsp3) is 0.353. The second-order valence-electron chi connectivity index (χ2n) is 5.31. The van der Waals surface area contributed by atoms with Crippen LogP contribution in [0.5, 0.6) is 5.75 Å². The molecule has 21 heavy (non-hydrogen) atoms. The Morgan fingerprint density at radius 2 is 2.14 bits per heavy atom. The molecule has 110 valence electrons. The van der Waals surface area contributed by atoms with Crippen LogP contribution < -0.4 is 10.1 Å². The molecule has 0 radical (unpaired) electrons. The molecule has 1 N–H and O–H groups in total. The minimum atomic E-state index is 0.458. The molecule has 0 spiro atoms. The number of benzene rings is 1. The maximum Gasteiger partial charge on any atom is 0.136 e. The average Bonchev–Trinajstić information content (AvgIpc) is 2.92. The van der Waals surface area contributed by atoms with Crippen LogP contribution in [0.15, 0.2) is 36.5 Å². The minimum Gasteiger partial charge on any atom is -0.495 e. The second kappa shape index (κ2) is 6.96. The summed E-state index contributed by atoms with van der Waals surface area (Å²) >= 11 is 0. The second-order valence-corrected chi connectivity index (χ2v) is 5.31. The van der Waals surface area contributed by atoms with Crippen molar-refractivity contribution in [3.05, 3.63) is 53.3 Å². The lowest BCUT2D eigenvalue weighted by Crippen LogP contribution is -2.23. The van der Waals surface area contributed by atoms with Gasteiger partial charge in [0.25, 0.3) is 0 Å². The highest BCUT2D eigenvalue weighted by Gasteiger charge is 2.06. The van der Waals surface area contributed by atoms with Crippen molar-refractivity contribution in [3.8, 4) is 11.8 Å². The molecule has 0 saturated carbocycles. The number of ether oxygens (including phenoxy) is 1. The summed E-state index contributed by atoms with van der Waals surface area (Å²) in [5.74, 6) is 0.621. The summed E-state index contributed by atoms with van der Waals surface area (Å²) in [6, 6.07) is 12.5. The van der Waals surface area contributed by atoms with Crippen molar-refractivity contribution in [2.24, 2.45) is 0 Å². The van der Waals surface area contributed by atoms with Gasteiger partial charge in [-0.05, 0) is 29.8 Å². The molecule has 0 amide bonds. The summed E-state index contributed by atoms with van der Waals surface area (Å²) in [7, 11) is 1.58. The van der Waals surface area contributed by atoms with Gasteiger partial charge in [0.05, 0.1) is 12.7 Å². The topological polar surface area (TPSA) is 50.0 Å². The third-order valence-electron chi connectivity index (χ3n) is 3.35. The minimum absolute atomic E-state index is 0.458. The molecule has 1 aromatic carbocycles. The molecular weight excluding hydrogens is 262 g/mol. The normalized spacial score (nSPS) is 10.6. The largest absolute Gasteiger partial charge is 0.495 e. The van der Waals surface area contributed by atoms with Gasteiger partial charge in [-0.15, -0.1) is 0 Å². The van der Waals surface area contributed by atoms with Crippen molar-refractivity contribution >= 4 is 0 Å². The smallest absolute Gasteiger partial charge is 0.136 e. The molecular formula is C17H21N3O. The predicted octanol–water partition coefficient (Wildman–Crippen LogP) is 2.91. The van der Waals surface area contributed by atoms with Crippen molar-refractivity contribution in [1.82, 2.24) is 9.88 Å². The van der Waals surface area contributed by atoms with Crippen LogP contribution in [0.2, 0.25) is 0 Å². The number of nitriles is 1. The van der Waals surface area contributed by atoms with Gasteiger partial charge in [-0.25, -0.2) is 0 Å². The van der Waals surface area contributed by atoms with Crippen LogP contribution in [0.4, 0.5) is 0 Å². The molecule has 4 heteroatoms. The van der Waals surface area contributed by atoms with E-state index in [0.29, 0.717) is 17.4 Å². The van der Waals surface area contributed by atoms with Crippen molar-refractivity contribution in [3.63, 3.8) is 0 Å². The summed E-state index contributed by atoms with van der Waals surface area (Å²) in [5, 5.41) is 12.6. The Hall–Kier alpha value is -2.25. The van der Waals surface area contributed by atoms with Crippen molar-refractivity contribution in [2.75, 3.05) is 7.11 Å². The molecule has 1 aromatic heterocycles. The van der Waals surface area contributed by atoms with E-state index in [-0.39, 0.29) is 0 Å². The Kier molecular flexibility index (Phi) is 5.02. The van der Waals surface area contributed by atoms with Crippen LogP contribution in [0, 0.1) is 11.3 Å². The lowest BCUT2D eigenvalue weighted by molar-refractivity contribution is 0.413. The van der Waals surface area contributed by atoms with E-state index in [0.717, 1.165) is 18.7 Å². The molecule has 0 fully saturated rings. The van der Waals surface area contributed by atoms with Crippen molar-refractivity contribution in [1.29, 1.82) is 5.26 Å². The van der Waals surface area contributed by atoms with E-state index in [2.05, 4.69) is 42.1 Å². The zero-order valence-electron chi connectivity index (χ0n) is 12.8. The number of hydrogen-bond donors (Lipinski definition) is 1. The Balaban J connectivity index is 2.15. The van der Waals surface area contributed by atoms with Crippen LogP contribution in [0.1, 0.15) is 30.7 Å². The molecule has 0 aliphatic carbocycles. The van der Waals surface area contributed by atoms with Crippen LogP contribution in [0.25, 0.3) is 0 Å². The maximum atomic E-state index is 9.15. The van der Waals surface area contributed by atoms with Gasteiger partial charge in [-0.1, -0.05) is 19.9 Å². The first-order valence-corrected chi connectivity index (χ1v) is 7.08. The van der Waals surface area contributed by atoms with Gasteiger partial charge < -0.3 is 14.6 Å². The average molecular weight is 283 g/mol. The van der Waals surface area contributed by atoms with E-state index in [1.807, 2.05) is 24.3 Å². The number of hydrogen-bond acceptors (Lipinski definition) is 3. The first kappa shape index (κ1) is 15.1. The van der Waals surface area contributed by atoms with Gasteiger partial charge >= 0.3 is 0 Å². The lowest BCUT2D eigenvalue weighted by Gasteiger charge is -2.13. The zero-order chi connectivity index (χ0) is 15.2. The van der Waals surface area contributed by atoms with E-state index in [1.165, 1.54) is 5.69 Å². The molecule has 1 heterocycles. The first-order valence-electron chi connectivity index (χ1n) is 7.08. The summed E-state index contributed by atoms with van der Waals surface area (Å²) in [6.07, 6.45) is 2.06. The molecule has 0 unspecified atom stereocenters. The summed E-state index contributed by atoms with van der Waals surface area (Å²) in [4.78, 5) is 0. The third kappa shape index (κ3) is 3.87. The standard InChI is InChI=1S/C17H21N3O/c1-13(2)19-11-16-5-4-8-20(16)12-14-6-7-17(21-3)15(9-14)10-18/h4-9,13,19H,11-12H2,1-3H3. The first-order chi connectivity index (χ1) is 10.1. The van der Waals surface area contributed by atoms with Gasteiger partial charge in [-0.3, -0.25) is 0 Å². The molecule has 2 aromatic rings. The Bertz CT molecular complexity index is 638. The number of nitrogens with zero attached hydrogens (tertiary/aromatic N) is 2. The highest BCUT2D eigenvalue weighted by molar-refractivity contribution is 5.45. The Morgan fingerprint density at radius 1 is 1.33 bits per heavy atom. The third-order valence-corrected chi connectivity index (χ3v) is 3.35. The molecule has 0 aliphatic rings. The highest BCUT2D eigenvalue weighted by atomic mass is 16.5. The Labute approximate surface area is 126 Å². The number of nitrogens with one attached hydrogen (secondary N) is 1. The van der Waals surface area contributed by atoms with Crippen LogP contribution in [-0.2, 0) is 13.1 Å². The van der Waals surface area contributed by atoms with Crippen molar-refractivity contribution in [2.45, 2.75) is 33.0 Å². The monoisotopic (exact) mass is 283 g/mol. The van der Waals surface area contributed by atoms with E-state index < -0.39 is 0 Å². The quantitative estimate of drug-likeness (QED) is 0.887. The number of methoxy groups -OCH3 is 1. The molecule has 0 atom stereocenters. The van der Waals surface area contributed by atoms with Crippen molar-refractivity contribution < 1.29 is 4.74 Å². The summed E-state index contributed by atoms with van der Waals surface area (Å²) in [5.41, 5.74) is 2.90. The molecule has 4 nitrogen and oxygen atoms in total. The van der Waals surface area contributed by atoms with Gasteiger partial charge in [0.1, 0.15) is 11.8 Å². The van der Waals surface area contributed by atoms with Crippen LogP contribution >= 0.6 is 0 Å². The van der Waals surface area contributed by atoms with Gasteiger partial charge in [0.15, 0.2) is 0 Å². The number of rotatable bonds is 6. The Morgan fingerprint density at radius 3 is 2.81 bits per heavy atom. The molecule has 0 saturated heterocycles. The van der Waals surface area contributed by atoms with Gasteiger partial charge in [-0.2, -0.15) is 5.26 Å². The number of aromatic nitrogens is 1. The zero-order valence-corrected chi connectivity index (χ0v) is 12.8. The molecule has 2 rings (SSSR count). The van der Waals surface area contributed by atoms with Gasteiger partial charge in [0, 0.05) is 31.0 Å². The fourth-order valence-corrected chi connectivity index (χ4v) is 2.21. The highest BCUT2D eigenvalue weighted by Crippen LogP contribution is 2.19. The summed E-state index contributed by atoms with van der Waals surface area (Å²) < 4.78 is 7.37. The van der Waals surface area contributed by atoms with Crippen LogP contribution in [0.3, 0.4) is 0 Å².